The molecule has 2 aromatic rings. The number of nitrogens with zero attached hydrogens (tertiary/aromatic N) is 3. The van der Waals surface area contributed by atoms with E-state index in [2.05, 4.69) is 10.2 Å². The van der Waals surface area contributed by atoms with E-state index in [4.69, 9.17) is 11.6 Å². The Morgan fingerprint density at radius 1 is 1.35 bits per heavy atom. The summed E-state index contributed by atoms with van der Waals surface area (Å²) in [7, 11) is 0. The van der Waals surface area contributed by atoms with Crippen LogP contribution in [-0.2, 0) is 16.0 Å². The van der Waals surface area contributed by atoms with Gasteiger partial charge in [-0.15, -0.1) is 0 Å². The fourth-order valence-electron chi connectivity index (χ4n) is 3.41. The fraction of sp³-hybridized carbons (Fsp3) is 0.421. The molecule has 0 spiro atoms. The number of piperazine rings is 1. The number of aryl methyl sites for hydroxylation is 2. The lowest BCUT2D eigenvalue weighted by Crippen LogP contribution is -2.57. The molecule has 2 amide bonds. The zero-order valence-electron chi connectivity index (χ0n) is 15.3. The summed E-state index contributed by atoms with van der Waals surface area (Å²) >= 11 is 6.22. The number of anilines is 1. The summed E-state index contributed by atoms with van der Waals surface area (Å²) in [6.07, 6.45) is 0.990. The van der Waals surface area contributed by atoms with Gasteiger partial charge in [-0.2, -0.15) is 5.10 Å². The Morgan fingerprint density at radius 3 is 2.73 bits per heavy atom. The summed E-state index contributed by atoms with van der Waals surface area (Å²) in [6, 6.07) is 7.21. The van der Waals surface area contributed by atoms with Gasteiger partial charge in [0.05, 0.1) is 16.4 Å². The molecule has 0 unspecified atom stereocenters. The van der Waals surface area contributed by atoms with Gasteiger partial charge in [-0.1, -0.05) is 23.7 Å². The zero-order valence-corrected chi connectivity index (χ0v) is 16.0. The maximum absolute atomic E-state index is 12.7. The maximum atomic E-state index is 12.7. The summed E-state index contributed by atoms with van der Waals surface area (Å²) in [5, 5.41) is 7.64. The van der Waals surface area contributed by atoms with Crippen LogP contribution in [0.2, 0.25) is 5.02 Å². The van der Waals surface area contributed by atoms with E-state index in [1.165, 1.54) is 0 Å². The molecule has 1 aromatic heterocycles. The number of aromatic amines is 1. The molecule has 0 radical (unpaired) electrons. The number of hydrogen-bond donors (Lipinski definition) is 1. The molecule has 0 bridgehead atoms. The van der Waals surface area contributed by atoms with E-state index in [9.17, 15) is 9.59 Å². The van der Waals surface area contributed by atoms with Crippen LogP contribution in [0.5, 0.6) is 0 Å². The van der Waals surface area contributed by atoms with Crippen LogP contribution in [0.25, 0.3) is 0 Å². The first-order valence-corrected chi connectivity index (χ1v) is 9.11. The Bertz CT molecular complexity index is 813. The topological polar surface area (TPSA) is 69.3 Å². The van der Waals surface area contributed by atoms with Crippen molar-refractivity contribution in [2.75, 3.05) is 18.0 Å². The van der Waals surface area contributed by atoms with Crippen molar-refractivity contribution in [2.45, 2.75) is 39.7 Å². The van der Waals surface area contributed by atoms with Crippen LogP contribution in [0.3, 0.4) is 0 Å². The van der Waals surface area contributed by atoms with Crippen molar-refractivity contribution in [2.24, 2.45) is 0 Å². The summed E-state index contributed by atoms with van der Waals surface area (Å²) in [5.41, 5.74) is 3.68. The van der Waals surface area contributed by atoms with Gasteiger partial charge in [0.1, 0.15) is 6.54 Å². The average molecular weight is 375 g/mol. The number of carbonyl (C=O) groups excluding carboxylic acids is 2. The maximum Gasteiger partial charge on any atom is 0.246 e. The lowest BCUT2D eigenvalue weighted by molar-refractivity contribution is -0.139. The number of benzene rings is 1. The van der Waals surface area contributed by atoms with Crippen molar-refractivity contribution in [3.05, 3.63) is 46.2 Å². The zero-order chi connectivity index (χ0) is 18.8. The van der Waals surface area contributed by atoms with E-state index in [0.717, 1.165) is 17.0 Å². The van der Waals surface area contributed by atoms with Gasteiger partial charge >= 0.3 is 0 Å². The fourth-order valence-corrected chi connectivity index (χ4v) is 3.64. The van der Waals surface area contributed by atoms with E-state index in [0.29, 0.717) is 30.1 Å². The third-order valence-corrected chi connectivity index (χ3v) is 5.24. The van der Waals surface area contributed by atoms with Gasteiger partial charge < -0.3 is 9.80 Å². The number of halogens is 1. The second-order valence-corrected chi connectivity index (χ2v) is 7.15. The summed E-state index contributed by atoms with van der Waals surface area (Å²) < 4.78 is 0. The predicted octanol–water partition coefficient (Wildman–Crippen LogP) is 2.88. The molecular weight excluding hydrogens is 352 g/mol. The molecule has 2 heterocycles. The largest absolute Gasteiger partial charge is 0.329 e. The standard InChI is InChI=1S/C19H23ClN4O2/c1-12-10-24(17-7-5-4-6-16(17)20)19(26)11-23(12)18(25)9-8-15-13(2)21-22-14(15)3/h4-7,12H,8-11H2,1-3H3,(H,21,22)/t12-/m0/s1. The Morgan fingerprint density at radius 2 is 2.08 bits per heavy atom. The SMILES string of the molecule is Cc1n[nH]c(C)c1CCC(=O)N1CC(=O)N(c2ccccc2Cl)C[C@@H]1C. The number of hydrogen-bond acceptors (Lipinski definition) is 3. The Labute approximate surface area is 158 Å². The van der Waals surface area contributed by atoms with Crippen LogP contribution >= 0.6 is 11.6 Å². The minimum absolute atomic E-state index is 0.00958. The molecule has 1 atom stereocenters. The minimum Gasteiger partial charge on any atom is -0.329 e. The molecule has 138 valence electrons. The van der Waals surface area contributed by atoms with Crippen molar-refractivity contribution in [1.82, 2.24) is 15.1 Å². The molecule has 1 fully saturated rings. The van der Waals surface area contributed by atoms with Crippen LogP contribution in [-0.4, -0.2) is 46.0 Å². The Balaban J connectivity index is 1.66. The smallest absolute Gasteiger partial charge is 0.246 e. The molecule has 0 aliphatic carbocycles. The molecule has 1 aliphatic heterocycles. The van der Waals surface area contributed by atoms with Gasteiger partial charge in [0.2, 0.25) is 11.8 Å². The normalized spacial score (nSPS) is 17.7. The van der Waals surface area contributed by atoms with E-state index in [1.54, 1.807) is 15.9 Å². The van der Waals surface area contributed by atoms with Gasteiger partial charge in [0, 0.05) is 24.7 Å². The van der Waals surface area contributed by atoms with Crippen LogP contribution < -0.4 is 4.90 Å². The highest BCUT2D eigenvalue weighted by atomic mass is 35.5. The minimum atomic E-state index is -0.111. The number of rotatable bonds is 4. The third-order valence-electron chi connectivity index (χ3n) is 4.92. The first-order chi connectivity index (χ1) is 12.4. The number of carbonyl (C=O) groups is 2. The van der Waals surface area contributed by atoms with Crippen molar-refractivity contribution < 1.29 is 9.59 Å². The first-order valence-electron chi connectivity index (χ1n) is 8.73. The molecule has 7 heteroatoms. The number of para-hydroxylation sites is 1. The van der Waals surface area contributed by atoms with Crippen LogP contribution in [0, 0.1) is 13.8 Å². The van der Waals surface area contributed by atoms with Gasteiger partial charge in [0.15, 0.2) is 0 Å². The summed E-state index contributed by atoms with van der Waals surface area (Å²) in [6.45, 7) is 6.36. The highest BCUT2D eigenvalue weighted by Crippen LogP contribution is 2.28. The van der Waals surface area contributed by atoms with E-state index in [-0.39, 0.29) is 24.4 Å². The Hall–Kier alpha value is -2.34. The van der Waals surface area contributed by atoms with E-state index >= 15 is 0 Å². The summed E-state index contributed by atoms with van der Waals surface area (Å²) in [4.78, 5) is 28.6. The predicted molar refractivity (Wildman–Crippen MR) is 101 cm³/mol. The number of H-pyrrole nitrogens is 1. The molecular formula is C19H23ClN4O2. The molecule has 26 heavy (non-hydrogen) atoms. The molecule has 0 saturated carbocycles. The van der Waals surface area contributed by atoms with Crippen molar-refractivity contribution >= 4 is 29.1 Å². The Kier molecular flexibility index (Phi) is 5.32. The van der Waals surface area contributed by atoms with Crippen LogP contribution in [0.15, 0.2) is 24.3 Å². The van der Waals surface area contributed by atoms with Crippen molar-refractivity contribution in [1.29, 1.82) is 0 Å². The van der Waals surface area contributed by atoms with Gasteiger partial charge in [-0.3, -0.25) is 14.7 Å². The van der Waals surface area contributed by atoms with E-state index in [1.807, 2.05) is 39.0 Å². The van der Waals surface area contributed by atoms with E-state index < -0.39 is 0 Å². The number of amides is 2. The van der Waals surface area contributed by atoms with Crippen molar-refractivity contribution in [3.8, 4) is 0 Å². The molecule has 1 saturated heterocycles. The second kappa shape index (κ2) is 7.50. The lowest BCUT2D eigenvalue weighted by Gasteiger charge is -2.39. The third kappa shape index (κ3) is 3.60. The van der Waals surface area contributed by atoms with Crippen molar-refractivity contribution in [3.63, 3.8) is 0 Å². The highest BCUT2D eigenvalue weighted by molar-refractivity contribution is 6.33. The second-order valence-electron chi connectivity index (χ2n) is 6.74. The highest BCUT2D eigenvalue weighted by Gasteiger charge is 2.33. The van der Waals surface area contributed by atoms with Gasteiger partial charge in [0.25, 0.3) is 0 Å². The molecule has 3 rings (SSSR count). The van der Waals surface area contributed by atoms with Gasteiger partial charge in [-0.05, 0) is 44.9 Å². The monoisotopic (exact) mass is 374 g/mol. The summed E-state index contributed by atoms with van der Waals surface area (Å²) in [5.74, 6) is -0.120. The molecule has 1 N–H and O–H groups in total. The van der Waals surface area contributed by atoms with Crippen LogP contribution in [0.1, 0.15) is 30.3 Å². The molecule has 1 aliphatic rings. The van der Waals surface area contributed by atoms with Crippen LogP contribution in [0.4, 0.5) is 5.69 Å². The number of nitrogens with one attached hydrogen (secondary N) is 1. The lowest BCUT2D eigenvalue weighted by atomic mass is 10.1. The molecule has 1 aromatic carbocycles. The molecule has 6 nitrogen and oxygen atoms in total. The average Bonchev–Trinajstić information content (AvgIpc) is 2.93. The van der Waals surface area contributed by atoms with Gasteiger partial charge in [-0.25, -0.2) is 0 Å². The number of aromatic nitrogens is 2. The quantitative estimate of drug-likeness (QED) is 0.894. The first kappa shape index (κ1) is 18.5.